The molecule has 0 fully saturated rings. The van der Waals surface area contributed by atoms with Gasteiger partial charge in [-0.25, -0.2) is 0 Å². The van der Waals surface area contributed by atoms with Crippen LogP contribution in [0.1, 0.15) is 50.9 Å². The van der Waals surface area contributed by atoms with Gasteiger partial charge in [0.2, 0.25) is 0 Å². The van der Waals surface area contributed by atoms with Gasteiger partial charge in [0, 0.05) is 22.3 Å². The molecule has 118 valence electrons. The first kappa shape index (κ1) is 17.0. The van der Waals surface area contributed by atoms with Crippen molar-refractivity contribution < 1.29 is 9.47 Å². The highest BCUT2D eigenvalue weighted by atomic mass is 79.9. The summed E-state index contributed by atoms with van der Waals surface area (Å²) in [6, 6.07) is 3.91. The molecule has 0 aromatic heterocycles. The number of ether oxygens (including phenoxy) is 2. The van der Waals surface area contributed by atoms with Gasteiger partial charge in [-0.05, 0) is 29.4 Å². The van der Waals surface area contributed by atoms with Crippen molar-refractivity contribution in [2.75, 3.05) is 13.2 Å². The van der Waals surface area contributed by atoms with Crippen molar-refractivity contribution in [1.82, 2.24) is 0 Å². The molecule has 2 rings (SSSR count). The van der Waals surface area contributed by atoms with Gasteiger partial charge in [0.15, 0.2) is 11.5 Å². The number of benzene rings is 1. The van der Waals surface area contributed by atoms with Crippen LogP contribution in [-0.2, 0) is 0 Å². The van der Waals surface area contributed by atoms with Crippen molar-refractivity contribution in [3.63, 3.8) is 0 Å². The normalized spacial score (nSPS) is 18.0. The fourth-order valence-corrected chi connectivity index (χ4v) is 3.59. The molecule has 21 heavy (non-hydrogen) atoms. The van der Waals surface area contributed by atoms with Gasteiger partial charge in [-0.3, -0.25) is 0 Å². The first-order chi connectivity index (χ1) is 9.79. The number of halogens is 2. The second kappa shape index (κ2) is 6.78. The van der Waals surface area contributed by atoms with E-state index in [1.54, 1.807) is 0 Å². The topological polar surface area (TPSA) is 18.5 Å². The minimum Gasteiger partial charge on any atom is -0.490 e. The van der Waals surface area contributed by atoms with E-state index in [1.165, 1.54) is 0 Å². The van der Waals surface area contributed by atoms with Crippen LogP contribution in [0.25, 0.3) is 0 Å². The summed E-state index contributed by atoms with van der Waals surface area (Å²) < 4.78 is 11.4. The second-order valence-electron chi connectivity index (χ2n) is 6.84. The highest BCUT2D eigenvalue weighted by Crippen LogP contribution is 2.43. The lowest BCUT2D eigenvalue weighted by Crippen LogP contribution is -2.18. The molecule has 4 heteroatoms. The Labute approximate surface area is 141 Å². The maximum atomic E-state index is 6.44. The van der Waals surface area contributed by atoms with E-state index in [1.807, 2.05) is 12.1 Å². The summed E-state index contributed by atoms with van der Waals surface area (Å²) in [5, 5.41) is 0.738. The summed E-state index contributed by atoms with van der Waals surface area (Å²) in [6.07, 6.45) is 1.93. The number of rotatable bonds is 3. The lowest BCUT2D eigenvalue weighted by atomic mass is 9.79. The molecule has 1 aromatic carbocycles. The van der Waals surface area contributed by atoms with Gasteiger partial charge >= 0.3 is 0 Å². The van der Waals surface area contributed by atoms with E-state index in [9.17, 15) is 0 Å². The standard InChI is InChI=1S/C17H24BrClO2/c1-11(17(2,3)4)8-13(18)12-9-15-16(10-14(12)19)21-7-5-6-20-15/h9-11,13H,5-8H2,1-4H3. The molecule has 0 amide bonds. The van der Waals surface area contributed by atoms with Crippen LogP contribution in [0.15, 0.2) is 12.1 Å². The second-order valence-corrected chi connectivity index (χ2v) is 8.35. The third-order valence-corrected chi connectivity index (χ3v) is 5.44. The summed E-state index contributed by atoms with van der Waals surface area (Å²) in [6.45, 7) is 10.5. The molecule has 2 atom stereocenters. The molecular weight excluding hydrogens is 352 g/mol. The fraction of sp³-hybridized carbons (Fsp3) is 0.647. The zero-order valence-corrected chi connectivity index (χ0v) is 15.6. The van der Waals surface area contributed by atoms with Crippen LogP contribution in [0.2, 0.25) is 5.02 Å². The zero-order valence-electron chi connectivity index (χ0n) is 13.2. The lowest BCUT2D eigenvalue weighted by molar-refractivity contribution is 0.246. The van der Waals surface area contributed by atoms with Crippen LogP contribution in [-0.4, -0.2) is 13.2 Å². The highest BCUT2D eigenvalue weighted by Gasteiger charge is 2.25. The summed E-state index contributed by atoms with van der Waals surface area (Å²) in [4.78, 5) is 0.219. The number of hydrogen-bond acceptors (Lipinski definition) is 2. The van der Waals surface area contributed by atoms with E-state index in [-0.39, 0.29) is 10.2 Å². The van der Waals surface area contributed by atoms with Crippen molar-refractivity contribution in [3.8, 4) is 11.5 Å². The summed E-state index contributed by atoms with van der Waals surface area (Å²) in [7, 11) is 0. The van der Waals surface area contributed by atoms with E-state index in [0.29, 0.717) is 19.1 Å². The van der Waals surface area contributed by atoms with E-state index in [4.69, 9.17) is 21.1 Å². The van der Waals surface area contributed by atoms with Crippen LogP contribution in [0.4, 0.5) is 0 Å². The Bertz CT molecular complexity index is 496. The SMILES string of the molecule is CC(CC(Br)c1cc2c(cc1Cl)OCCCO2)C(C)(C)C. The Kier molecular flexibility index (Phi) is 5.48. The molecule has 0 bridgehead atoms. The van der Waals surface area contributed by atoms with Crippen molar-refractivity contribution >= 4 is 27.5 Å². The molecule has 0 radical (unpaired) electrons. The third-order valence-electron chi connectivity index (χ3n) is 4.24. The van der Waals surface area contributed by atoms with Crippen molar-refractivity contribution in [2.45, 2.75) is 45.4 Å². The van der Waals surface area contributed by atoms with Gasteiger partial charge < -0.3 is 9.47 Å². The highest BCUT2D eigenvalue weighted by molar-refractivity contribution is 9.09. The monoisotopic (exact) mass is 374 g/mol. The van der Waals surface area contributed by atoms with E-state index in [0.717, 1.165) is 34.9 Å². The van der Waals surface area contributed by atoms with Crippen LogP contribution in [0.3, 0.4) is 0 Å². The minimum absolute atomic E-state index is 0.219. The summed E-state index contributed by atoms with van der Waals surface area (Å²) in [5.41, 5.74) is 1.36. The van der Waals surface area contributed by atoms with Gasteiger partial charge in [0.1, 0.15) is 0 Å². The first-order valence-electron chi connectivity index (χ1n) is 7.52. The number of hydrogen-bond donors (Lipinski definition) is 0. The van der Waals surface area contributed by atoms with E-state index in [2.05, 4.69) is 43.6 Å². The molecule has 0 spiro atoms. The minimum atomic E-state index is 0.219. The quantitative estimate of drug-likeness (QED) is 0.602. The van der Waals surface area contributed by atoms with Crippen LogP contribution in [0, 0.1) is 11.3 Å². The molecule has 1 aromatic rings. The largest absolute Gasteiger partial charge is 0.490 e. The molecule has 1 aliphatic heterocycles. The predicted octanol–water partition coefficient (Wildman–Crippen LogP) is 6.01. The van der Waals surface area contributed by atoms with Crippen LogP contribution < -0.4 is 9.47 Å². The smallest absolute Gasteiger partial charge is 0.162 e. The lowest BCUT2D eigenvalue weighted by Gasteiger charge is -2.29. The predicted molar refractivity (Wildman–Crippen MR) is 92.0 cm³/mol. The number of alkyl halides is 1. The van der Waals surface area contributed by atoms with Crippen molar-refractivity contribution in [3.05, 3.63) is 22.7 Å². The van der Waals surface area contributed by atoms with Crippen molar-refractivity contribution in [2.24, 2.45) is 11.3 Å². The van der Waals surface area contributed by atoms with Crippen LogP contribution in [0.5, 0.6) is 11.5 Å². The molecule has 2 nitrogen and oxygen atoms in total. The summed E-state index contributed by atoms with van der Waals surface area (Å²) in [5.74, 6) is 2.14. The van der Waals surface area contributed by atoms with Gasteiger partial charge in [-0.1, -0.05) is 55.2 Å². The Morgan fingerprint density at radius 2 is 1.76 bits per heavy atom. The molecule has 0 aliphatic carbocycles. The summed E-state index contributed by atoms with van der Waals surface area (Å²) >= 11 is 10.2. The zero-order chi connectivity index (χ0) is 15.6. The Morgan fingerprint density at radius 3 is 2.33 bits per heavy atom. The van der Waals surface area contributed by atoms with Gasteiger partial charge in [-0.15, -0.1) is 0 Å². The number of fused-ring (bicyclic) bond motifs is 1. The average Bonchev–Trinajstić information content (AvgIpc) is 2.61. The molecule has 1 heterocycles. The van der Waals surface area contributed by atoms with Crippen molar-refractivity contribution in [1.29, 1.82) is 0 Å². The Morgan fingerprint density at radius 1 is 1.19 bits per heavy atom. The van der Waals surface area contributed by atoms with Gasteiger partial charge in [-0.2, -0.15) is 0 Å². The van der Waals surface area contributed by atoms with E-state index < -0.39 is 0 Å². The molecular formula is C17H24BrClO2. The molecule has 2 unspecified atom stereocenters. The fourth-order valence-electron chi connectivity index (χ4n) is 2.23. The maximum absolute atomic E-state index is 6.44. The van der Waals surface area contributed by atoms with Gasteiger partial charge in [0.25, 0.3) is 0 Å². The molecule has 1 aliphatic rings. The van der Waals surface area contributed by atoms with Gasteiger partial charge in [0.05, 0.1) is 13.2 Å². The molecule has 0 saturated heterocycles. The average molecular weight is 376 g/mol. The molecule has 0 saturated carbocycles. The maximum Gasteiger partial charge on any atom is 0.162 e. The Balaban J connectivity index is 2.21. The first-order valence-corrected chi connectivity index (χ1v) is 8.81. The third kappa shape index (κ3) is 4.29. The van der Waals surface area contributed by atoms with E-state index >= 15 is 0 Å². The molecule has 0 N–H and O–H groups in total. The Hall–Kier alpha value is -0.410. The van der Waals surface area contributed by atoms with Crippen LogP contribution >= 0.6 is 27.5 Å².